The number of fused-ring (bicyclic) bond motifs is 1. The molecule has 2 N–H and O–H groups in total. The van der Waals surface area contributed by atoms with Gasteiger partial charge in [-0.1, -0.05) is 12.1 Å². The second-order valence-corrected chi connectivity index (χ2v) is 12.5. The first kappa shape index (κ1) is 30.3. The lowest BCUT2D eigenvalue weighted by molar-refractivity contribution is -0.158. The van der Waals surface area contributed by atoms with Crippen molar-refractivity contribution >= 4 is 57.3 Å². The molecule has 1 fully saturated rings. The van der Waals surface area contributed by atoms with Gasteiger partial charge in [0.2, 0.25) is 17.7 Å². The third-order valence-corrected chi connectivity index (χ3v) is 9.55. The summed E-state index contributed by atoms with van der Waals surface area (Å²) in [6, 6.07) is 12.5. The van der Waals surface area contributed by atoms with Crippen molar-refractivity contribution in [1.29, 1.82) is 0 Å². The van der Waals surface area contributed by atoms with Crippen molar-refractivity contribution in [2.24, 2.45) is 0 Å². The fourth-order valence-corrected chi connectivity index (χ4v) is 6.80. The molecule has 1 saturated heterocycles. The van der Waals surface area contributed by atoms with Gasteiger partial charge in [0.15, 0.2) is 0 Å². The number of nitrogens with zero attached hydrogens (tertiary/aromatic N) is 3. The highest BCUT2D eigenvalue weighted by molar-refractivity contribution is 7.10. The van der Waals surface area contributed by atoms with Gasteiger partial charge in [-0.25, -0.2) is 0 Å². The summed E-state index contributed by atoms with van der Waals surface area (Å²) in [6.45, 7) is 0.273. The molecule has 1 aliphatic heterocycles. The van der Waals surface area contributed by atoms with Crippen LogP contribution >= 0.6 is 22.7 Å². The van der Waals surface area contributed by atoms with Crippen molar-refractivity contribution in [3.8, 4) is 5.75 Å². The minimum atomic E-state index is -1.15. The Hall–Kier alpha value is -4.16. The third kappa shape index (κ3) is 7.44. The molecule has 5 rings (SSSR count). The monoisotopic (exact) mass is 622 g/mol. The number of aromatic nitrogens is 1. The van der Waals surface area contributed by atoms with Gasteiger partial charge < -0.3 is 29.5 Å². The third-order valence-electron chi connectivity index (χ3n) is 7.68. The van der Waals surface area contributed by atoms with Crippen LogP contribution in [0.1, 0.15) is 21.7 Å². The van der Waals surface area contributed by atoms with Gasteiger partial charge in [0.05, 0.1) is 20.1 Å². The van der Waals surface area contributed by atoms with E-state index in [9.17, 15) is 24.3 Å². The normalized spacial score (nSPS) is 15.3. The number of carbonyl (C=O) groups excluding carboxylic acids is 3. The lowest BCUT2D eigenvalue weighted by atomic mass is 10.0. The summed E-state index contributed by atoms with van der Waals surface area (Å²) in [6.07, 6.45) is 3.15. The maximum Gasteiger partial charge on any atom is 0.323 e. The molecule has 1 aromatic carbocycles. The topological polar surface area (TPSA) is 123 Å². The second kappa shape index (κ2) is 13.9. The fourth-order valence-electron chi connectivity index (χ4n) is 5.40. The molecule has 43 heavy (non-hydrogen) atoms. The van der Waals surface area contributed by atoms with E-state index in [-0.39, 0.29) is 31.3 Å². The van der Waals surface area contributed by atoms with Gasteiger partial charge in [-0.3, -0.25) is 19.2 Å². The average Bonchev–Trinajstić information content (AvgIpc) is 3.78. The number of aliphatic carboxylic acids is 1. The highest BCUT2D eigenvalue weighted by Gasteiger charge is 2.41. The van der Waals surface area contributed by atoms with Crippen molar-refractivity contribution in [3.05, 3.63) is 74.7 Å². The molecule has 0 bridgehead atoms. The standard InChI is InChI=1S/C31H34N4O6S2/c1-41-22-6-7-26-25(16-22)21(18-32-26)8-11-33(20-30(38)39)28(36)17-27-31(40)34(12-9-23-4-2-14-42-23)19-29(37)35(27)13-10-24-5-3-15-43-24/h2-7,14-16,18,27,32H,8-13,17,19-20H2,1H3,(H,38,39). The Morgan fingerprint density at radius 3 is 2.42 bits per heavy atom. The van der Waals surface area contributed by atoms with E-state index < -0.39 is 24.5 Å². The first-order chi connectivity index (χ1) is 20.8. The predicted octanol–water partition coefficient (Wildman–Crippen LogP) is 3.67. The summed E-state index contributed by atoms with van der Waals surface area (Å²) in [7, 11) is 1.59. The zero-order valence-corrected chi connectivity index (χ0v) is 25.5. The number of aromatic amines is 1. The van der Waals surface area contributed by atoms with Crippen molar-refractivity contribution in [2.75, 3.05) is 39.8 Å². The summed E-state index contributed by atoms with van der Waals surface area (Å²) in [4.78, 5) is 62.3. The highest BCUT2D eigenvalue weighted by atomic mass is 32.1. The molecule has 0 aliphatic carbocycles. The molecular weight excluding hydrogens is 588 g/mol. The van der Waals surface area contributed by atoms with Crippen molar-refractivity contribution in [1.82, 2.24) is 19.7 Å². The van der Waals surface area contributed by atoms with Gasteiger partial charge in [-0.15, -0.1) is 22.7 Å². The zero-order valence-electron chi connectivity index (χ0n) is 23.9. The SMILES string of the molecule is COc1ccc2[nH]cc(CCN(CC(=O)O)C(=O)CC3C(=O)N(CCc4cccs4)CC(=O)N3CCc3cccs3)c2c1. The minimum absolute atomic E-state index is 0.0395. The van der Waals surface area contributed by atoms with E-state index in [1.54, 1.807) is 29.8 Å². The Morgan fingerprint density at radius 1 is 1.05 bits per heavy atom. The number of piperazine rings is 1. The molecule has 0 radical (unpaired) electrons. The Morgan fingerprint density at radius 2 is 1.77 bits per heavy atom. The van der Waals surface area contributed by atoms with Gasteiger partial charge in [0, 0.05) is 46.5 Å². The van der Waals surface area contributed by atoms with E-state index in [0.29, 0.717) is 38.1 Å². The lowest BCUT2D eigenvalue weighted by Gasteiger charge is -2.40. The molecule has 10 nitrogen and oxygen atoms in total. The molecule has 0 saturated carbocycles. The minimum Gasteiger partial charge on any atom is -0.497 e. The van der Waals surface area contributed by atoms with E-state index in [4.69, 9.17) is 4.74 Å². The molecule has 4 heterocycles. The maximum atomic E-state index is 13.8. The average molecular weight is 623 g/mol. The number of ether oxygens (including phenoxy) is 1. The molecule has 3 amide bonds. The van der Waals surface area contributed by atoms with E-state index >= 15 is 0 Å². The number of hydrogen-bond donors (Lipinski definition) is 2. The van der Waals surface area contributed by atoms with Crippen LogP contribution in [0.3, 0.4) is 0 Å². The second-order valence-electron chi connectivity index (χ2n) is 10.4. The summed E-state index contributed by atoms with van der Waals surface area (Å²) in [5, 5.41) is 14.5. The summed E-state index contributed by atoms with van der Waals surface area (Å²) < 4.78 is 5.34. The van der Waals surface area contributed by atoms with Crippen LogP contribution in [-0.4, -0.2) is 94.4 Å². The van der Waals surface area contributed by atoms with Crippen LogP contribution in [0.4, 0.5) is 0 Å². The summed E-state index contributed by atoms with van der Waals surface area (Å²) >= 11 is 3.16. The quantitative estimate of drug-likeness (QED) is 0.221. The number of methoxy groups -OCH3 is 1. The van der Waals surface area contributed by atoms with Crippen molar-refractivity contribution < 1.29 is 29.0 Å². The van der Waals surface area contributed by atoms with Gasteiger partial charge in [-0.2, -0.15) is 0 Å². The number of carboxylic acids is 1. The van der Waals surface area contributed by atoms with Crippen LogP contribution in [0.25, 0.3) is 10.9 Å². The number of thiophene rings is 2. The fraction of sp³-hybridized carbons (Fsp3) is 0.355. The van der Waals surface area contributed by atoms with E-state index in [0.717, 1.165) is 26.2 Å². The van der Waals surface area contributed by atoms with E-state index in [1.165, 1.54) is 14.7 Å². The van der Waals surface area contributed by atoms with Gasteiger partial charge >= 0.3 is 5.97 Å². The van der Waals surface area contributed by atoms with Crippen LogP contribution in [0.2, 0.25) is 0 Å². The van der Waals surface area contributed by atoms with E-state index in [1.807, 2.05) is 59.4 Å². The van der Waals surface area contributed by atoms with Gasteiger partial charge in [0.25, 0.3) is 0 Å². The van der Waals surface area contributed by atoms with Crippen LogP contribution in [-0.2, 0) is 38.4 Å². The Kier molecular flexibility index (Phi) is 9.78. The Balaban J connectivity index is 1.32. The number of carbonyl (C=O) groups is 4. The molecule has 1 aliphatic rings. The molecule has 226 valence electrons. The lowest BCUT2D eigenvalue weighted by Crippen LogP contribution is -2.61. The zero-order chi connectivity index (χ0) is 30.3. The number of amides is 3. The highest BCUT2D eigenvalue weighted by Crippen LogP contribution is 2.25. The molecule has 4 aromatic rings. The number of nitrogens with one attached hydrogen (secondary N) is 1. The maximum absolute atomic E-state index is 13.8. The van der Waals surface area contributed by atoms with Crippen LogP contribution in [0.15, 0.2) is 59.4 Å². The first-order valence-electron chi connectivity index (χ1n) is 14.1. The van der Waals surface area contributed by atoms with Crippen LogP contribution in [0.5, 0.6) is 5.75 Å². The number of rotatable bonds is 14. The number of H-pyrrole nitrogens is 1. The molecule has 1 atom stereocenters. The van der Waals surface area contributed by atoms with Crippen LogP contribution < -0.4 is 4.74 Å². The molecule has 0 spiro atoms. The van der Waals surface area contributed by atoms with Crippen molar-refractivity contribution in [2.45, 2.75) is 31.7 Å². The van der Waals surface area contributed by atoms with Crippen LogP contribution in [0, 0.1) is 0 Å². The molecule has 3 aromatic heterocycles. The number of benzene rings is 1. The largest absolute Gasteiger partial charge is 0.497 e. The first-order valence-corrected chi connectivity index (χ1v) is 15.8. The van der Waals surface area contributed by atoms with Crippen molar-refractivity contribution in [3.63, 3.8) is 0 Å². The molecule has 12 heteroatoms. The van der Waals surface area contributed by atoms with E-state index in [2.05, 4.69) is 4.98 Å². The number of carboxylic acid groups (broad SMARTS) is 1. The number of hydrogen-bond acceptors (Lipinski definition) is 7. The van der Waals surface area contributed by atoms with Gasteiger partial charge in [-0.05, 0) is 65.9 Å². The summed E-state index contributed by atoms with van der Waals surface area (Å²) in [5.41, 5.74) is 1.82. The Labute approximate surface area is 257 Å². The van der Waals surface area contributed by atoms with Gasteiger partial charge in [0.1, 0.15) is 18.3 Å². The smallest absolute Gasteiger partial charge is 0.323 e. The Bertz CT molecular complexity index is 1570. The molecular formula is C31H34N4O6S2. The molecule has 1 unspecified atom stereocenters. The predicted molar refractivity (Wildman–Crippen MR) is 166 cm³/mol. The summed E-state index contributed by atoms with van der Waals surface area (Å²) in [5.74, 6) is -1.43.